The summed E-state index contributed by atoms with van der Waals surface area (Å²) in [6.45, 7) is 0. The Bertz CT molecular complexity index is 860. The first-order chi connectivity index (χ1) is 12.2. The van der Waals surface area contributed by atoms with E-state index in [1.54, 1.807) is 24.3 Å². The summed E-state index contributed by atoms with van der Waals surface area (Å²) in [6.07, 6.45) is 0. The maximum atomic E-state index is 12.0. The molecule has 0 aliphatic rings. The van der Waals surface area contributed by atoms with Crippen LogP contribution in [0.5, 0.6) is 0 Å². The number of aromatic nitrogens is 2. The number of carbonyl (C=O) groups excluding carboxylic acids is 2. The Morgan fingerprint density at radius 2 is 2.04 bits per heavy atom. The van der Waals surface area contributed by atoms with E-state index in [4.69, 9.17) is 4.42 Å². The van der Waals surface area contributed by atoms with Crippen LogP contribution < -0.4 is 5.32 Å². The van der Waals surface area contributed by atoms with Crippen LogP contribution in [-0.4, -0.2) is 34.9 Å². The molecule has 0 fully saturated rings. The minimum atomic E-state index is -0.425. The van der Waals surface area contributed by atoms with Crippen molar-refractivity contribution in [3.05, 3.63) is 47.3 Å². The molecule has 0 radical (unpaired) electrons. The topological polar surface area (TPSA) is 94.3 Å². The predicted octanol–water partition coefficient (Wildman–Crippen LogP) is 3.32. The van der Waals surface area contributed by atoms with Crippen LogP contribution >= 0.6 is 23.1 Å². The molecule has 2 aromatic heterocycles. The van der Waals surface area contributed by atoms with Crippen LogP contribution in [-0.2, 0) is 9.53 Å². The molecule has 0 atom stereocenters. The van der Waals surface area contributed by atoms with Gasteiger partial charge in [-0.05, 0) is 35.7 Å². The number of thiophene rings is 1. The summed E-state index contributed by atoms with van der Waals surface area (Å²) < 4.78 is 10.1. The number of thioether (sulfide) groups is 1. The molecule has 0 spiro atoms. The largest absolute Gasteiger partial charge is 0.465 e. The lowest BCUT2D eigenvalue weighted by atomic mass is 10.2. The van der Waals surface area contributed by atoms with Gasteiger partial charge in [0.25, 0.3) is 11.1 Å². The molecule has 2 heterocycles. The van der Waals surface area contributed by atoms with Gasteiger partial charge >= 0.3 is 5.97 Å². The number of esters is 1. The Morgan fingerprint density at radius 1 is 1.24 bits per heavy atom. The lowest BCUT2D eigenvalue weighted by Gasteiger charge is -2.05. The molecule has 0 bridgehead atoms. The molecule has 1 amide bonds. The molecule has 7 nitrogen and oxygen atoms in total. The van der Waals surface area contributed by atoms with Crippen molar-refractivity contribution in [1.82, 2.24) is 10.2 Å². The molecule has 0 unspecified atom stereocenters. The molecule has 3 aromatic rings. The van der Waals surface area contributed by atoms with Gasteiger partial charge < -0.3 is 14.5 Å². The van der Waals surface area contributed by atoms with Crippen LogP contribution in [0.15, 0.2) is 51.4 Å². The van der Waals surface area contributed by atoms with Gasteiger partial charge in [0.15, 0.2) is 0 Å². The Labute approximate surface area is 151 Å². The number of benzene rings is 1. The van der Waals surface area contributed by atoms with Gasteiger partial charge in [0.2, 0.25) is 5.91 Å². The smallest absolute Gasteiger partial charge is 0.337 e. The number of nitrogens with zero attached hydrogens (tertiary/aromatic N) is 2. The molecule has 1 aromatic carbocycles. The zero-order chi connectivity index (χ0) is 17.6. The van der Waals surface area contributed by atoms with Gasteiger partial charge in [-0.3, -0.25) is 4.79 Å². The number of amides is 1. The van der Waals surface area contributed by atoms with Crippen LogP contribution in [0.2, 0.25) is 0 Å². The molecule has 0 saturated carbocycles. The number of hydrogen-bond acceptors (Lipinski definition) is 8. The second-order valence-electron chi connectivity index (χ2n) is 4.76. The van der Waals surface area contributed by atoms with Crippen molar-refractivity contribution in [1.29, 1.82) is 0 Å². The van der Waals surface area contributed by atoms with Crippen LogP contribution in [0.1, 0.15) is 10.4 Å². The molecular weight excluding hydrogens is 362 g/mol. The van der Waals surface area contributed by atoms with Crippen molar-refractivity contribution >= 4 is 40.7 Å². The summed E-state index contributed by atoms with van der Waals surface area (Å²) >= 11 is 2.66. The zero-order valence-electron chi connectivity index (χ0n) is 13.1. The predicted molar refractivity (Wildman–Crippen MR) is 94.7 cm³/mol. The van der Waals surface area contributed by atoms with E-state index in [2.05, 4.69) is 20.3 Å². The molecule has 25 heavy (non-hydrogen) atoms. The van der Waals surface area contributed by atoms with Crippen LogP contribution in [0.3, 0.4) is 0 Å². The number of rotatable bonds is 6. The van der Waals surface area contributed by atoms with Gasteiger partial charge in [0, 0.05) is 5.69 Å². The summed E-state index contributed by atoms with van der Waals surface area (Å²) in [6, 6.07) is 10.2. The molecule has 3 rings (SSSR count). The van der Waals surface area contributed by atoms with Crippen LogP contribution in [0.25, 0.3) is 10.8 Å². The Balaban J connectivity index is 1.52. The van der Waals surface area contributed by atoms with Crippen molar-refractivity contribution in [2.75, 3.05) is 18.2 Å². The lowest BCUT2D eigenvalue weighted by molar-refractivity contribution is -0.113. The van der Waals surface area contributed by atoms with Gasteiger partial charge in [0.1, 0.15) is 0 Å². The minimum Gasteiger partial charge on any atom is -0.465 e. The van der Waals surface area contributed by atoms with Crippen molar-refractivity contribution in [2.45, 2.75) is 5.22 Å². The van der Waals surface area contributed by atoms with Crippen LogP contribution in [0, 0.1) is 0 Å². The molecule has 0 aliphatic heterocycles. The van der Waals surface area contributed by atoms with E-state index in [0.29, 0.717) is 22.4 Å². The first-order valence-corrected chi connectivity index (χ1v) is 9.00. The Kier molecular flexibility index (Phi) is 5.46. The van der Waals surface area contributed by atoms with E-state index in [0.717, 1.165) is 16.6 Å². The van der Waals surface area contributed by atoms with Crippen molar-refractivity contribution in [3.8, 4) is 10.8 Å². The fourth-order valence-electron chi connectivity index (χ4n) is 1.90. The number of methoxy groups -OCH3 is 1. The normalized spacial score (nSPS) is 10.4. The van der Waals surface area contributed by atoms with Gasteiger partial charge in [-0.25, -0.2) is 4.79 Å². The third-order valence-electron chi connectivity index (χ3n) is 3.05. The van der Waals surface area contributed by atoms with E-state index in [-0.39, 0.29) is 11.7 Å². The fraction of sp³-hybridized carbons (Fsp3) is 0.125. The number of anilines is 1. The van der Waals surface area contributed by atoms with E-state index in [1.165, 1.54) is 18.4 Å². The summed E-state index contributed by atoms with van der Waals surface area (Å²) in [7, 11) is 1.32. The highest BCUT2D eigenvalue weighted by Gasteiger charge is 2.12. The minimum absolute atomic E-state index is 0.130. The van der Waals surface area contributed by atoms with Gasteiger partial charge in [-0.2, -0.15) is 0 Å². The van der Waals surface area contributed by atoms with E-state index >= 15 is 0 Å². The summed E-state index contributed by atoms with van der Waals surface area (Å²) in [5, 5.41) is 12.9. The van der Waals surface area contributed by atoms with Crippen molar-refractivity contribution in [3.63, 3.8) is 0 Å². The van der Waals surface area contributed by atoms with Gasteiger partial charge in [-0.15, -0.1) is 21.5 Å². The van der Waals surface area contributed by atoms with E-state index in [9.17, 15) is 9.59 Å². The van der Waals surface area contributed by atoms with Gasteiger partial charge in [-0.1, -0.05) is 17.8 Å². The monoisotopic (exact) mass is 375 g/mol. The first-order valence-electron chi connectivity index (χ1n) is 7.14. The van der Waals surface area contributed by atoms with E-state index in [1.807, 2.05) is 17.5 Å². The third kappa shape index (κ3) is 4.46. The summed E-state index contributed by atoms with van der Waals surface area (Å²) in [5.74, 6) is -0.0699. The van der Waals surface area contributed by atoms with Crippen molar-refractivity contribution < 1.29 is 18.7 Å². The summed E-state index contributed by atoms with van der Waals surface area (Å²) in [4.78, 5) is 24.2. The average Bonchev–Trinajstić information content (AvgIpc) is 3.31. The molecule has 0 saturated heterocycles. The second-order valence-corrected chi connectivity index (χ2v) is 6.63. The standard InChI is InChI=1S/C16H13N3O4S2/c1-22-15(21)10-4-6-11(7-5-10)17-13(20)9-25-16-19-18-14(23-16)12-3-2-8-24-12/h2-8H,9H2,1H3,(H,17,20). The average molecular weight is 375 g/mol. The Hall–Kier alpha value is -2.65. The second kappa shape index (κ2) is 7.95. The fourth-order valence-corrected chi connectivity index (χ4v) is 3.11. The number of carbonyl (C=O) groups is 2. The molecule has 1 N–H and O–H groups in total. The summed E-state index contributed by atoms with van der Waals surface area (Å²) in [5.41, 5.74) is 1.00. The maximum Gasteiger partial charge on any atom is 0.337 e. The number of hydrogen-bond donors (Lipinski definition) is 1. The molecule has 128 valence electrons. The maximum absolute atomic E-state index is 12.0. The highest BCUT2D eigenvalue weighted by molar-refractivity contribution is 7.99. The SMILES string of the molecule is COC(=O)c1ccc(NC(=O)CSc2nnc(-c3cccs3)o2)cc1. The van der Waals surface area contributed by atoms with E-state index < -0.39 is 5.97 Å². The molecule has 0 aliphatic carbocycles. The zero-order valence-corrected chi connectivity index (χ0v) is 14.7. The lowest BCUT2D eigenvalue weighted by Crippen LogP contribution is -2.14. The third-order valence-corrected chi connectivity index (χ3v) is 4.73. The first kappa shape index (κ1) is 17.2. The number of nitrogens with one attached hydrogen (secondary N) is 1. The Morgan fingerprint density at radius 3 is 2.72 bits per heavy atom. The molecular formula is C16H13N3O4S2. The number of ether oxygens (including phenoxy) is 1. The molecule has 9 heteroatoms. The van der Waals surface area contributed by atoms with Crippen LogP contribution in [0.4, 0.5) is 5.69 Å². The van der Waals surface area contributed by atoms with Gasteiger partial charge in [0.05, 0.1) is 23.3 Å². The highest BCUT2D eigenvalue weighted by Crippen LogP contribution is 2.26. The van der Waals surface area contributed by atoms with Crippen molar-refractivity contribution in [2.24, 2.45) is 0 Å². The quantitative estimate of drug-likeness (QED) is 0.522. The highest BCUT2D eigenvalue weighted by atomic mass is 32.2.